The number of hydrogen-bond donors (Lipinski definition) is 3. The summed E-state index contributed by atoms with van der Waals surface area (Å²) in [7, 11) is 0. The van der Waals surface area contributed by atoms with Crippen LogP contribution in [0.3, 0.4) is 0 Å². The van der Waals surface area contributed by atoms with Gasteiger partial charge in [0, 0.05) is 49.7 Å². The van der Waals surface area contributed by atoms with E-state index in [9.17, 15) is 9.18 Å². The molecule has 1 atom stereocenters. The van der Waals surface area contributed by atoms with E-state index >= 15 is 0 Å². The van der Waals surface area contributed by atoms with Gasteiger partial charge in [-0.05, 0) is 30.3 Å². The predicted octanol–water partition coefficient (Wildman–Crippen LogP) is 3.62. The third-order valence-electron chi connectivity index (χ3n) is 6.46. The third-order valence-corrected chi connectivity index (χ3v) is 6.75. The standard InChI is InChI=1S/C26H28ClFN6O3/c1-2-24(35)34-13-15(14-34)25-32-22-11-23(37-7-5-17-12-30-6-8-36-17)21(29)10-18(22)26(33-25)31-16-3-4-20(28)19(27)9-16/h2-4,9-11,15,17,30H,1,5-8,12-14,29H2,(H,31,32,33). The molecule has 3 aromatic rings. The average molecular weight is 527 g/mol. The van der Waals surface area contributed by atoms with E-state index in [0.29, 0.717) is 66.0 Å². The van der Waals surface area contributed by atoms with Gasteiger partial charge in [0.15, 0.2) is 0 Å². The monoisotopic (exact) mass is 526 g/mol. The molecule has 0 spiro atoms. The molecule has 2 aliphatic rings. The molecule has 4 N–H and O–H groups in total. The summed E-state index contributed by atoms with van der Waals surface area (Å²) in [6, 6.07) is 7.90. The van der Waals surface area contributed by atoms with Crippen LogP contribution in [0.4, 0.5) is 21.6 Å². The minimum Gasteiger partial charge on any atom is -0.491 e. The second-order valence-corrected chi connectivity index (χ2v) is 9.48. The highest BCUT2D eigenvalue weighted by Gasteiger charge is 2.33. The zero-order valence-corrected chi connectivity index (χ0v) is 20.9. The van der Waals surface area contributed by atoms with Gasteiger partial charge in [-0.2, -0.15) is 0 Å². The number of nitrogens with zero attached hydrogens (tertiary/aromatic N) is 3. The Kier molecular flexibility index (Phi) is 7.40. The zero-order valence-electron chi connectivity index (χ0n) is 20.2. The van der Waals surface area contributed by atoms with Gasteiger partial charge in [0.1, 0.15) is 23.2 Å². The fraction of sp³-hybridized carbons (Fsp3) is 0.346. The normalized spacial score (nSPS) is 17.9. The van der Waals surface area contributed by atoms with Crippen molar-refractivity contribution in [2.24, 2.45) is 0 Å². The van der Waals surface area contributed by atoms with Crippen LogP contribution in [0.25, 0.3) is 10.9 Å². The minimum atomic E-state index is -0.512. The molecule has 2 aromatic carbocycles. The second-order valence-electron chi connectivity index (χ2n) is 9.07. The lowest BCUT2D eigenvalue weighted by Gasteiger charge is -2.37. The molecule has 0 radical (unpaired) electrons. The molecule has 194 valence electrons. The highest BCUT2D eigenvalue weighted by Crippen LogP contribution is 2.35. The van der Waals surface area contributed by atoms with Crippen LogP contribution < -0.4 is 21.1 Å². The SMILES string of the molecule is C=CC(=O)N1CC(c2nc(Nc3ccc(F)c(Cl)c3)c3cc(N)c(OCCC4CNCCO4)cc3n2)C1. The van der Waals surface area contributed by atoms with E-state index in [-0.39, 0.29) is 23.0 Å². The van der Waals surface area contributed by atoms with Gasteiger partial charge in [0.05, 0.1) is 41.5 Å². The molecular weight excluding hydrogens is 499 g/mol. The van der Waals surface area contributed by atoms with Gasteiger partial charge in [-0.3, -0.25) is 4.79 Å². The fourth-order valence-electron chi connectivity index (χ4n) is 4.36. The largest absolute Gasteiger partial charge is 0.491 e. The minimum absolute atomic E-state index is 0.00602. The Morgan fingerprint density at radius 3 is 2.92 bits per heavy atom. The predicted molar refractivity (Wildman–Crippen MR) is 141 cm³/mol. The molecule has 0 aliphatic carbocycles. The van der Waals surface area contributed by atoms with Crippen molar-refractivity contribution in [3.63, 3.8) is 0 Å². The number of morpholine rings is 1. The molecule has 0 bridgehead atoms. The number of ether oxygens (including phenoxy) is 2. The van der Waals surface area contributed by atoms with Crippen LogP contribution in [-0.4, -0.2) is 66.3 Å². The van der Waals surface area contributed by atoms with Gasteiger partial charge < -0.3 is 30.7 Å². The van der Waals surface area contributed by atoms with Gasteiger partial charge in [-0.15, -0.1) is 0 Å². The van der Waals surface area contributed by atoms with Crippen molar-refractivity contribution in [3.05, 3.63) is 59.7 Å². The highest BCUT2D eigenvalue weighted by molar-refractivity contribution is 6.31. The number of fused-ring (bicyclic) bond motifs is 1. The Bertz CT molecular complexity index is 1330. The maximum absolute atomic E-state index is 13.7. The molecule has 1 unspecified atom stereocenters. The van der Waals surface area contributed by atoms with Crippen molar-refractivity contribution < 1.29 is 18.7 Å². The van der Waals surface area contributed by atoms with Gasteiger partial charge >= 0.3 is 0 Å². The molecule has 3 heterocycles. The molecule has 1 aromatic heterocycles. The Balaban J connectivity index is 1.43. The summed E-state index contributed by atoms with van der Waals surface area (Å²) in [4.78, 5) is 23.1. The van der Waals surface area contributed by atoms with Gasteiger partial charge in [0.2, 0.25) is 5.91 Å². The molecule has 11 heteroatoms. The molecule has 0 saturated carbocycles. The second kappa shape index (κ2) is 10.9. The van der Waals surface area contributed by atoms with Crippen molar-refractivity contribution in [2.45, 2.75) is 18.4 Å². The summed E-state index contributed by atoms with van der Waals surface area (Å²) in [5.74, 6) is 0.918. The van der Waals surface area contributed by atoms with E-state index in [0.717, 1.165) is 19.5 Å². The van der Waals surface area contributed by atoms with Crippen LogP contribution in [-0.2, 0) is 9.53 Å². The van der Waals surface area contributed by atoms with Crippen molar-refractivity contribution in [3.8, 4) is 5.75 Å². The van der Waals surface area contributed by atoms with E-state index in [4.69, 9.17) is 36.8 Å². The molecule has 2 saturated heterocycles. The Hall–Kier alpha value is -3.47. The molecule has 2 aliphatic heterocycles. The summed E-state index contributed by atoms with van der Waals surface area (Å²) in [6.07, 6.45) is 2.12. The highest BCUT2D eigenvalue weighted by atomic mass is 35.5. The molecule has 9 nitrogen and oxygen atoms in total. The number of anilines is 3. The number of rotatable bonds is 8. The summed E-state index contributed by atoms with van der Waals surface area (Å²) >= 11 is 5.98. The van der Waals surface area contributed by atoms with E-state index < -0.39 is 5.82 Å². The van der Waals surface area contributed by atoms with Gasteiger partial charge in [-0.25, -0.2) is 14.4 Å². The lowest BCUT2D eigenvalue weighted by molar-refractivity contribution is -0.130. The molecule has 2 fully saturated rings. The van der Waals surface area contributed by atoms with Crippen LogP contribution in [0.15, 0.2) is 43.0 Å². The third kappa shape index (κ3) is 5.61. The van der Waals surface area contributed by atoms with Gasteiger partial charge in [-0.1, -0.05) is 18.2 Å². The first-order valence-corrected chi connectivity index (χ1v) is 12.5. The Labute approximate surface area is 218 Å². The summed E-state index contributed by atoms with van der Waals surface area (Å²) in [5, 5.41) is 7.19. The zero-order chi connectivity index (χ0) is 25.9. The number of nitrogens with two attached hydrogens (primary N) is 1. The number of hydrogen-bond acceptors (Lipinski definition) is 8. The van der Waals surface area contributed by atoms with E-state index in [1.54, 1.807) is 23.1 Å². The lowest BCUT2D eigenvalue weighted by Crippen LogP contribution is -2.48. The maximum atomic E-state index is 13.7. The first kappa shape index (κ1) is 25.2. The first-order chi connectivity index (χ1) is 17.9. The van der Waals surface area contributed by atoms with E-state index in [2.05, 4.69) is 17.2 Å². The van der Waals surface area contributed by atoms with Crippen LogP contribution in [0.2, 0.25) is 5.02 Å². The number of halogens is 2. The fourth-order valence-corrected chi connectivity index (χ4v) is 4.54. The number of nitrogen functional groups attached to an aromatic ring is 1. The van der Waals surface area contributed by atoms with Crippen molar-refractivity contribution in [1.29, 1.82) is 0 Å². The lowest BCUT2D eigenvalue weighted by atomic mass is 9.98. The smallest absolute Gasteiger partial charge is 0.246 e. The van der Waals surface area contributed by atoms with Crippen molar-refractivity contribution in [1.82, 2.24) is 20.2 Å². The van der Waals surface area contributed by atoms with Crippen LogP contribution in [0, 0.1) is 5.82 Å². The number of benzene rings is 2. The topological polar surface area (TPSA) is 115 Å². The quantitative estimate of drug-likeness (QED) is 0.301. The Morgan fingerprint density at radius 2 is 2.19 bits per heavy atom. The maximum Gasteiger partial charge on any atom is 0.246 e. The number of likely N-dealkylation sites (tertiary alicyclic amines) is 1. The summed E-state index contributed by atoms with van der Waals surface area (Å²) in [6.45, 7) is 7.31. The van der Waals surface area contributed by atoms with Crippen LogP contribution in [0.5, 0.6) is 5.75 Å². The van der Waals surface area contributed by atoms with Crippen molar-refractivity contribution >= 4 is 45.6 Å². The summed E-state index contributed by atoms with van der Waals surface area (Å²) in [5.41, 5.74) is 7.98. The van der Waals surface area contributed by atoms with Crippen LogP contribution in [0.1, 0.15) is 18.2 Å². The number of carbonyl (C=O) groups excluding carboxylic acids is 1. The van der Waals surface area contributed by atoms with Crippen LogP contribution >= 0.6 is 11.6 Å². The molecule has 5 rings (SSSR count). The first-order valence-electron chi connectivity index (χ1n) is 12.1. The van der Waals surface area contributed by atoms with Gasteiger partial charge in [0.25, 0.3) is 0 Å². The number of amides is 1. The van der Waals surface area contributed by atoms with E-state index in [1.807, 2.05) is 0 Å². The number of nitrogens with one attached hydrogen (secondary N) is 2. The molecule has 1 amide bonds. The number of carbonyl (C=O) groups is 1. The molecule has 37 heavy (non-hydrogen) atoms. The van der Waals surface area contributed by atoms with Crippen molar-refractivity contribution in [2.75, 3.05) is 50.4 Å². The summed E-state index contributed by atoms with van der Waals surface area (Å²) < 4.78 is 25.4. The Morgan fingerprint density at radius 1 is 1.35 bits per heavy atom. The molecular formula is C26H28ClFN6O3. The average Bonchev–Trinajstić information content (AvgIpc) is 2.86. The number of aromatic nitrogens is 2. The van der Waals surface area contributed by atoms with E-state index in [1.165, 1.54) is 18.2 Å².